The lowest BCUT2D eigenvalue weighted by Crippen LogP contribution is -2.35. The molecule has 4 nitrogen and oxygen atoms in total. The Morgan fingerprint density at radius 3 is 2.55 bits per heavy atom. The molecular weight excluding hydrogens is 322 g/mol. The first kappa shape index (κ1) is 14.9. The second-order valence-corrected chi connectivity index (χ2v) is 5.83. The summed E-state index contributed by atoms with van der Waals surface area (Å²) >= 11 is 3.31. The molecule has 0 fully saturated rings. The Hall–Kier alpha value is -1.46. The van der Waals surface area contributed by atoms with Crippen LogP contribution in [-0.4, -0.2) is 42.9 Å². The van der Waals surface area contributed by atoms with Crippen LogP contribution in [0.15, 0.2) is 40.4 Å². The molecule has 1 heterocycles. The van der Waals surface area contributed by atoms with Crippen LogP contribution in [0.25, 0.3) is 0 Å². The van der Waals surface area contributed by atoms with Gasteiger partial charge in [0.2, 0.25) is 0 Å². The summed E-state index contributed by atoms with van der Waals surface area (Å²) < 4.78 is 6.01. The van der Waals surface area contributed by atoms with Crippen molar-refractivity contribution in [2.75, 3.05) is 20.2 Å². The van der Waals surface area contributed by atoms with Gasteiger partial charge in [0.25, 0.3) is 0 Å². The molecule has 0 N–H and O–H groups in total. The molecule has 2 rings (SSSR count). The molecule has 106 valence electrons. The summed E-state index contributed by atoms with van der Waals surface area (Å²) in [4.78, 5) is 25.7. The van der Waals surface area contributed by atoms with Crippen LogP contribution < -0.4 is 0 Å². The van der Waals surface area contributed by atoms with Gasteiger partial charge in [-0.05, 0) is 26.1 Å². The van der Waals surface area contributed by atoms with Gasteiger partial charge in [0.15, 0.2) is 12.4 Å². The zero-order chi connectivity index (χ0) is 14.7. The van der Waals surface area contributed by atoms with Crippen molar-refractivity contribution >= 4 is 27.7 Å². The number of benzene rings is 1. The fourth-order valence-corrected chi connectivity index (χ4v) is 2.39. The Balaban J connectivity index is 1.90. The summed E-state index contributed by atoms with van der Waals surface area (Å²) in [6.45, 7) is 2.49. The van der Waals surface area contributed by atoms with Crippen molar-refractivity contribution in [3.8, 4) is 0 Å². The van der Waals surface area contributed by atoms with Gasteiger partial charge in [-0.15, -0.1) is 0 Å². The number of rotatable bonds is 4. The van der Waals surface area contributed by atoms with Crippen LogP contribution in [0.1, 0.15) is 17.3 Å². The molecule has 0 bridgehead atoms. The highest BCUT2D eigenvalue weighted by atomic mass is 79.9. The predicted molar refractivity (Wildman–Crippen MR) is 79.6 cm³/mol. The van der Waals surface area contributed by atoms with Crippen LogP contribution >= 0.6 is 15.9 Å². The minimum absolute atomic E-state index is 0.202. The van der Waals surface area contributed by atoms with Gasteiger partial charge in [0.05, 0.1) is 0 Å². The molecule has 0 aromatic heterocycles. The number of ether oxygens (including phenoxy) is 1. The predicted octanol–water partition coefficient (Wildman–Crippen LogP) is 2.44. The van der Waals surface area contributed by atoms with E-state index in [9.17, 15) is 9.59 Å². The molecule has 0 radical (unpaired) electrons. The topological polar surface area (TPSA) is 46.6 Å². The van der Waals surface area contributed by atoms with E-state index in [1.807, 2.05) is 24.9 Å². The van der Waals surface area contributed by atoms with Crippen LogP contribution in [0.2, 0.25) is 0 Å². The van der Waals surface area contributed by atoms with Crippen molar-refractivity contribution in [1.82, 2.24) is 4.90 Å². The molecule has 0 amide bonds. The van der Waals surface area contributed by atoms with Gasteiger partial charge in [0, 0.05) is 16.6 Å². The molecule has 1 aliphatic heterocycles. The van der Waals surface area contributed by atoms with Gasteiger partial charge in [-0.1, -0.05) is 39.7 Å². The zero-order valence-electron chi connectivity index (χ0n) is 11.4. The van der Waals surface area contributed by atoms with Crippen molar-refractivity contribution in [3.63, 3.8) is 0 Å². The largest absolute Gasteiger partial charge is 0.456 e. The van der Waals surface area contributed by atoms with Crippen molar-refractivity contribution < 1.29 is 14.3 Å². The van der Waals surface area contributed by atoms with Crippen molar-refractivity contribution in [2.24, 2.45) is 0 Å². The third-order valence-corrected chi connectivity index (χ3v) is 3.70. The Kier molecular flexibility index (Phi) is 4.73. The second-order valence-electron chi connectivity index (χ2n) is 4.91. The van der Waals surface area contributed by atoms with E-state index in [4.69, 9.17) is 4.74 Å². The quantitative estimate of drug-likeness (QED) is 0.481. The summed E-state index contributed by atoms with van der Waals surface area (Å²) in [6, 6.07) is 6.59. The van der Waals surface area contributed by atoms with Gasteiger partial charge >= 0.3 is 5.97 Å². The molecule has 0 aliphatic carbocycles. The number of nitrogens with zero attached hydrogens (tertiary/aromatic N) is 1. The molecule has 0 saturated carbocycles. The van der Waals surface area contributed by atoms with E-state index in [0.29, 0.717) is 5.56 Å². The van der Waals surface area contributed by atoms with E-state index >= 15 is 0 Å². The van der Waals surface area contributed by atoms with E-state index in [2.05, 4.69) is 15.9 Å². The zero-order valence-corrected chi connectivity index (χ0v) is 13.0. The van der Waals surface area contributed by atoms with E-state index in [1.54, 1.807) is 24.3 Å². The minimum Gasteiger partial charge on any atom is -0.456 e. The summed E-state index contributed by atoms with van der Waals surface area (Å²) in [5.41, 5.74) is 1.67. The number of halogens is 1. The molecule has 20 heavy (non-hydrogen) atoms. The minimum atomic E-state index is -0.382. The molecule has 1 aromatic carbocycles. The highest BCUT2D eigenvalue weighted by Crippen LogP contribution is 2.15. The SMILES string of the molecule is CC1=C[C@@H](C(=O)OCC(=O)c2ccc(Br)cc2)N(C)C1. The van der Waals surface area contributed by atoms with E-state index in [-0.39, 0.29) is 24.4 Å². The first-order valence-electron chi connectivity index (χ1n) is 6.30. The first-order chi connectivity index (χ1) is 9.47. The van der Waals surface area contributed by atoms with Crippen LogP contribution in [0.3, 0.4) is 0 Å². The highest BCUT2D eigenvalue weighted by Gasteiger charge is 2.27. The number of hydrogen-bond donors (Lipinski definition) is 0. The third-order valence-electron chi connectivity index (χ3n) is 3.17. The third kappa shape index (κ3) is 3.55. The maximum Gasteiger partial charge on any atom is 0.327 e. The number of carbonyl (C=O) groups excluding carboxylic acids is 2. The number of ketones is 1. The molecule has 1 atom stereocenters. The Labute approximate surface area is 126 Å². The number of esters is 1. The summed E-state index contributed by atoms with van der Waals surface area (Å²) in [6.07, 6.45) is 1.87. The van der Waals surface area contributed by atoms with Crippen molar-refractivity contribution in [3.05, 3.63) is 46.0 Å². The van der Waals surface area contributed by atoms with Crippen molar-refractivity contribution in [2.45, 2.75) is 13.0 Å². The average molecular weight is 338 g/mol. The fourth-order valence-electron chi connectivity index (χ4n) is 2.13. The van der Waals surface area contributed by atoms with Gasteiger partial charge in [-0.3, -0.25) is 9.69 Å². The van der Waals surface area contributed by atoms with E-state index in [0.717, 1.165) is 16.6 Å². The van der Waals surface area contributed by atoms with Crippen LogP contribution in [0, 0.1) is 0 Å². The molecule has 1 aliphatic rings. The Morgan fingerprint density at radius 1 is 1.35 bits per heavy atom. The number of Topliss-reactive ketones (excluding diaryl/α,β-unsaturated/α-hetero) is 1. The standard InChI is InChI=1S/C15H16BrNO3/c1-10-7-13(17(2)8-10)15(19)20-9-14(18)11-3-5-12(16)6-4-11/h3-7,13H,8-9H2,1-2H3/t13-/m0/s1. The monoisotopic (exact) mass is 337 g/mol. The Morgan fingerprint density at radius 2 is 2.00 bits per heavy atom. The maximum absolute atomic E-state index is 11.9. The highest BCUT2D eigenvalue weighted by molar-refractivity contribution is 9.10. The van der Waals surface area contributed by atoms with Gasteiger partial charge in [0.1, 0.15) is 6.04 Å². The summed E-state index contributed by atoms with van der Waals surface area (Å²) in [5.74, 6) is -0.581. The first-order valence-corrected chi connectivity index (χ1v) is 7.09. The van der Waals surface area contributed by atoms with E-state index < -0.39 is 0 Å². The normalized spacial score (nSPS) is 18.8. The van der Waals surface area contributed by atoms with Crippen LogP contribution in [0.4, 0.5) is 0 Å². The molecule has 0 saturated heterocycles. The molecule has 5 heteroatoms. The molecule has 0 unspecified atom stereocenters. The van der Waals surface area contributed by atoms with Gasteiger partial charge in [-0.2, -0.15) is 0 Å². The summed E-state index contributed by atoms with van der Waals surface area (Å²) in [5, 5.41) is 0. The smallest absolute Gasteiger partial charge is 0.327 e. The van der Waals surface area contributed by atoms with Gasteiger partial charge < -0.3 is 4.74 Å². The maximum atomic E-state index is 11.9. The van der Waals surface area contributed by atoms with Gasteiger partial charge in [-0.25, -0.2) is 4.79 Å². The lowest BCUT2D eigenvalue weighted by Gasteiger charge is -2.17. The fraction of sp³-hybridized carbons (Fsp3) is 0.333. The number of hydrogen-bond acceptors (Lipinski definition) is 4. The summed E-state index contributed by atoms with van der Waals surface area (Å²) in [7, 11) is 1.86. The Bertz CT molecular complexity index is 551. The second kappa shape index (κ2) is 6.33. The lowest BCUT2D eigenvalue weighted by atomic mass is 10.1. The molecule has 1 aromatic rings. The molecular formula is C15H16BrNO3. The number of likely N-dealkylation sites (N-methyl/N-ethyl adjacent to an activating group) is 1. The molecule has 0 spiro atoms. The van der Waals surface area contributed by atoms with Crippen LogP contribution in [0.5, 0.6) is 0 Å². The number of carbonyl (C=O) groups is 2. The lowest BCUT2D eigenvalue weighted by molar-refractivity contribution is -0.146. The van der Waals surface area contributed by atoms with Crippen LogP contribution in [-0.2, 0) is 9.53 Å². The average Bonchev–Trinajstić information content (AvgIpc) is 2.75. The van der Waals surface area contributed by atoms with Crippen molar-refractivity contribution in [1.29, 1.82) is 0 Å². The van der Waals surface area contributed by atoms with E-state index in [1.165, 1.54) is 0 Å².